The Kier molecular flexibility index (Phi) is 4.81. The number of anilines is 1. The van der Waals surface area contributed by atoms with Crippen molar-refractivity contribution < 1.29 is 14.6 Å². The van der Waals surface area contributed by atoms with E-state index in [9.17, 15) is 9.90 Å². The summed E-state index contributed by atoms with van der Waals surface area (Å²) in [5, 5.41) is 13.1. The van der Waals surface area contributed by atoms with Crippen LogP contribution in [0.25, 0.3) is 11.2 Å². The minimum atomic E-state index is -0.621. The standard InChI is InChI=1S/C18H19N5O3S/c1-10-14(24)12(7-27)26-18(10)23-9-21-13-15(19-8-20-16(13)23)22-17(25)11-5-3-2-4-6-11/h2-6,8-10,12,14,18,24,27H,7H2,1H3,(H,19,20,22,25)/t10-,12-,14+,18-/m1/s1. The zero-order valence-electron chi connectivity index (χ0n) is 14.6. The number of thiol groups is 1. The van der Waals surface area contributed by atoms with Gasteiger partial charge in [0.25, 0.3) is 5.91 Å². The van der Waals surface area contributed by atoms with E-state index in [4.69, 9.17) is 4.74 Å². The molecule has 0 saturated carbocycles. The molecule has 2 N–H and O–H groups in total. The van der Waals surface area contributed by atoms with Crippen LogP contribution in [0.5, 0.6) is 0 Å². The number of aromatic nitrogens is 4. The van der Waals surface area contributed by atoms with Gasteiger partial charge in [-0.25, -0.2) is 15.0 Å². The molecule has 3 heterocycles. The molecular formula is C18H19N5O3S. The van der Waals surface area contributed by atoms with Gasteiger partial charge in [0.15, 0.2) is 17.0 Å². The molecule has 0 radical (unpaired) electrons. The fraction of sp³-hybridized carbons (Fsp3) is 0.333. The Bertz CT molecular complexity index is 964. The number of nitrogens with one attached hydrogen (secondary N) is 1. The smallest absolute Gasteiger partial charge is 0.256 e. The third-order valence-corrected chi connectivity index (χ3v) is 5.12. The van der Waals surface area contributed by atoms with Crippen LogP contribution in [-0.4, -0.2) is 48.5 Å². The SMILES string of the molecule is C[C@@H]1[C@H](O)[C@@H](CS)O[C@H]1n1cnc2c(NC(=O)c3ccccc3)ncnc21. The first-order valence-electron chi connectivity index (χ1n) is 8.58. The van der Waals surface area contributed by atoms with Crippen LogP contribution in [-0.2, 0) is 4.74 Å². The highest BCUT2D eigenvalue weighted by molar-refractivity contribution is 7.80. The molecule has 4 rings (SSSR count). The van der Waals surface area contributed by atoms with Crippen LogP contribution < -0.4 is 5.32 Å². The first kappa shape index (κ1) is 17.9. The van der Waals surface area contributed by atoms with Crippen molar-refractivity contribution in [2.75, 3.05) is 11.1 Å². The quantitative estimate of drug-likeness (QED) is 0.593. The summed E-state index contributed by atoms with van der Waals surface area (Å²) >= 11 is 4.23. The minimum absolute atomic E-state index is 0.156. The Morgan fingerprint density at radius 1 is 1.30 bits per heavy atom. The summed E-state index contributed by atoms with van der Waals surface area (Å²) in [5.41, 5.74) is 1.51. The third kappa shape index (κ3) is 3.18. The number of carbonyl (C=O) groups is 1. The number of amides is 1. The second kappa shape index (κ2) is 7.26. The number of aliphatic hydroxyl groups excluding tert-OH is 1. The van der Waals surface area contributed by atoms with Crippen LogP contribution in [0.4, 0.5) is 5.82 Å². The maximum Gasteiger partial charge on any atom is 0.256 e. The van der Waals surface area contributed by atoms with E-state index in [1.54, 1.807) is 35.2 Å². The molecule has 0 unspecified atom stereocenters. The van der Waals surface area contributed by atoms with E-state index in [1.165, 1.54) is 6.33 Å². The highest BCUT2D eigenvalue weighted by atomic mass is 32.1. The van der Waals surface area contributed by atoms with Gasteiger partial charge < -0.3 is 15.2 Å². The summed E-state index contributed by atoms with van der Waals surface area (Å²) in [4.78, 5) is 25.2. The Labute approximate surface area is 161 Å². The second-order valence-corrected chi connectivity index (χ2v) is 6.83. The number of carbonyl (C=O) groups excluding carboxylic acids is 1. The van der Waals surface area contributed by atoms with E-state index < -0.39 is 12.3 Å². The van der Waals surface area contributed by atoms with Crippen LogP contribution in [0.2, 0.25) is 0 Å². The lowest BCUT2D eigenvalue weighted by molar-refractivity contribution is -0.00736. The third-order valence-electron chi connectivity index (χ3n) is 4.76. The van der Waals surface area contributed by atoms with Gasteiger partial charge in [0.05, 0.1) is 18.5 Å². The van der Waals surface area contributed by atoms with Gasteiger partial charge in [0.2, 0.25) is 0 Å². The molecule has 1 saturated heterocycles. The average Bonchev–Trinajstić information content (AvgIpc) is 3.25. The van der Waals surface area contributed by atoms with Gasteiger partial charge >= 0.3 is 0 Å². The maximum absolute atomic E-state index is 12.4. The number of fused-ring (bicyclic) bond motifs is 1. The van der Waals surface area contributed by atoms with Crippen LogP contribution in [0.3, 0.4) is 0 Å². The van der Waals surface area contributed by atoms with Gasteiger partial charge in [-0.1, -0.05) is 25.1 Å². The largest absolute Gasteiger partial charge is 0.390 e. The topological polar surface area (TPSA) is 102 Å². The molecule has 0 spiro atoms. The van der Waals surface area contributed by atoms with Crippen molar-refractivity contribution in [2.45, 2.75) is 25.4 Å². The summed E-state index contributed by atoms with van der Waals surface area (Å²) in [6, 6.07) is 8.87. The average molecular weight is 385 g/mol. The molecular weight excluding hydrogens is 366 g/mol. The number of imidazole rings is 1. The van der Waals surface area contributed by atoms with Crippen molar-refractivity contribution in [1.82, 2.24) is 19.5 Å². The highest BCUT2D eigenvalue weighted by Crippen LogP contribution is 2.36. The van der Waals surface area contributed by atoms with Crippen molar-refractivity contribution in [3.8, 4) is 0 Å². The lowest BCUT2D eigenvalue weighted by Crippen LogP contribution is -2.26. The normalized spacial score (nSPS) is 25.0. The number of hydrogen-bond acceptors (Lipinski definition) is 7. The number of ether oxygens (including phenoxy) is 1. The second-order valence-electron chi connectivity index (χ2n) is 6.46. The van der Waals surface area contributed by atoms with Crippen molar-refractivity contribution in [1.29, 1.82) is 0 Å². The lowest BCUT2D eigenvalue weighted by atomic mass is 10.0. The first-order chi connectivity index (χ1) is 13.1. The summed E-state index contributed by atoms with van der Waals surface area (Å²) in [7, 11) is 0. The summed E-state index contributed by atoms with van der Waals surface area (Å²) in [6.45, 7) is 1.91. The van der Waals surface area contributed by atoms with Crippen molar-refractivity contribution >= 4 is 35.5 Å². The van der Waals surface area contributed by atoms with Crippen molar-refractivity contribution in [3.05, 3.63) is 48.5 Å². The maximum atomic E-state index is 12.4. The van der Waals surface area contributed by atoms with E-state index in [1.807, 2.05) is 13.0 Å². The molecule has 1 amide bonds. The molecule has 0 bridgehead atoms. The van der Waals surface area contributed by atoms with Crippen LogP contribution in [0.1, 0.15) is 23.5 Å². The zero-order valence-corrected chi connectivity index (χ0v) is 15.5. The lowest BCUT2D eigenvalue weighted by Gasteiger charge is -2.17. The van der Waals surface area contributed by atoms with Gasteiger partial charge in [0.1, 0.15) is 12.6 Å². The molecule has 27 heavy (non-hydrogen) atoms. The van der Waals surface area contributed by atoms with E-state index >= 15 is 0 Å². The van der Waals surface area contributed by atoms with Crippen molar-refractivity contribution in [2.24, 2.45) is 5.92 Å². The van der Waals surface area contributed by atoms with Crippen LogP contribution >= 0.6 is 12.6 Å². The molecule has 2 aromatic heterocycles. The number of aliphatic hydroxyl groups is 1. The fourth-order valence-electron chi connectivity index (χ4n) is 3.26. The summed E-state index contributed by atoms with van der Waals surface area (Å²) in [5.74, 6) is 0.310. The number of rotatable bonds is 4. The van der Waals surface area contributed by atoms with Crippen LogP contribution in [0.15, 0.2) is 43.0 Å². The molecule has 1 aliphatic rings. The van der Waals surface area contributed by atoms with Gasteiger partial charge in [-0.3, -0.25) is 9.36 Å². The van der Waals surface area contributed by atoms with Crippen LogP contribution in [0, 0.1) is 5.92 Å². The predicted octanol–water partition coefficient (Wildman–Crippen LogP) is 1.90. The molecule has 3 aromatic rings. The molecule has 140 valence electrons. The van der Waals surface area contributed by atoms with E-state index in [-0.39, 0.29) is 17.9 Å². The first-order valence-corrected chi connectivity index (χ1v) is 9.21. The number of benzene rings is 1. The molecule has 1 aliphatic heterocycles. The minimum Gasteiger partial charge on any atom is -0.390 e. The molecule has 1 aromatic carbocycles. The molecule has 8 nitrogen and oxygen atoms in total. The summed E-state index contributed by atoms with van der Waals surface area (Å²) < 4.78 is 7.68. The fourth-order valence-corrected chi connectivity index (χ4v) is 3.56. The predicted molar refractivity (Wildman–Crippen MR) is 103 cm³/mol. The van der Waals surface area contributed by atoms with Gasteiger partial charge in [-0.05, 0) is 12.1 Å². The molecule has 4 atom stereocenters. The van der Waals surface area contributed by atoms with Crippen molar-refractivity contribution in [3.63, 3.8) is 0 Å². The monoisotopic (exact) mass is 385 g/mol. The number of hydrogen-bond donors (Lipinski definition) is 3. The van der Waals surface area contributed by atoms with Gasteiger partial charge in [-0.15, -0.1) is 0 Å². The Morgan fingerprint density at radius 2 is 2.07 bits per heavy atom. The van der Waals surface area contributed by atoms with E-state index in [2.05, 4.69) is 32.9 Å². The Balaban J connectivity index is 1.65. The molecule has 9 heteroatoms. The highest BCUT2D eigenvalue weighted by Gasteiger charge is 2.41. The molecule has 0 aliphatic carbocycles. The Morgan fingerprint density at radius 3 is 2.78 bits per heavy atom. The summed E-state index contributed by atoms with van der Waals surface area (Å²) in [6.07, 6.45) is 1.56. The van der Waals surface area contributed by atoms with Gasteiger partial charge in [0, 0.05) is 17.2 Å². The zero-order chi connectivity index (χ0) is 19.0. The van der Waals surface area contributed by atoms with E-state index in [0.717, 1.165) is 0 Å². The Hall–Kier alpha value is -2.49. The van der Waals surface area contributed by atoms with E-state index in [0.29, 0.717) is 28.3 Å². The van der Waals surface area contributed by atoms with Gasteiger partial charge in [-0.2, -0.15) is 12.6 Å². The number of nitrogens with zero attached hydrogens (tertiary/aromatic N) is 4. The molecule has 1 fully saturated rings.